The maximum Gasteiger partial charge on any atom is 0.242 e. The Hall–Kier alpha value is -0.660. The minimum atomic E-state index is -3.67. The fourth-order valence-electron chi connectivity index (χ4n) is 3.36. The Morgan fingerprint density at radius 1 is 1.45 bits per heavy atom. The van der Waals surface area contributed by atoms with E-state index in [-0.39, 0.29) is 22.1 Å². The normalized spacial score (nSPS) is 31.4. The van der Waals surface area contributed by atoms with Crippen molar-refractivity contribution in [1.29, 1.82) is 0 Å². The molecule has 1 saturated heterocycles. The number of hydrogen-bond acceptors (Lipinski definition) is 4. The second kappa shape index (κ2) is 6.09. The lowest BCUT2D eigenvalue weighted by molar-refractivity contribution is -0.193. The number of sulfonamides is 1. The molecule has 122 valence electrons. The molecule has 1 aromatic carbocycles. The van der Waals surface area contributed by atoms with Crippen LogP contribution in [0.2, 0.25) is 5.02 Å². The fraction of sp³-hybridized carbons (Fsp3) is 0.600. The molecule has 0 amide bonds. The molecule has 0 unspecified atom stereocenters. The zero-order valence-corrected chi connectivity index (χ0v) is 14.0. The Bertz CT molecular complexity index is 643. The molecular formula is C15H20ClNO4S. The maximum atomic E-state index is 12.6. The van der Waals surface area contributed by atoms with E-state index in [1.54, 1.807) is 18.2 Å². The summed E-state index contributed by atoms with van der Waals surface area (Å²) in [5.74, 6) is 0. The van der Waals surface area contributed by atoms with Gasteiger partial charge < -0.3 is 9.47 Å². The average molecular weight is 346 g/mol. The van der Waals surface area contributed by atoms with Crippen LogP contribution in [-0.4, -0.2) is 39.4 Å². The number of ether oxygens (including phenoxy) is 2. The van der Waals surface area contributed by atoms with Gasteiger partial charge in [-0.3, -0.25) is 0 Å². The van der Waals surface area contributed by atoms with Gasteiger partial charge in [0.05, 0.1) is 17.2 Å². The van der Waals surface area contributed by atoms with Crippen molar-refractivity contribution in [2.45, 2.75) is 48.8 Å². The Morgan fingerprint density at radius 2 is 2.23 bits per heavy atom. The van der Waals surface area contributed by atoms with Gasteiger partial charge in [-0.25, -0.2) is 13.1 Å². The highest BCUT2D eigenvalue weighted by atomic mass is 35.5. The molecule has 0 radical (unpaired) electrons. The summed E-state index contributed by atoms with van der Waals surface area (Å²) >= 11 is 6.01. The van der Waals surface area contributed by atoms with Crippen molar-refractivity contribution in [3.8, 4) is 0 Å². The Kier molecular flexibility index (Phi) is 4.49. The highest BCUT2D eigenvalue weighted by molar-refractivity contribution is 7.89. The molecule has 1 aliphatic carbocycles. The van der Waals surface area contributed by atoms with Crippen molar-refractivity contribution in [2.24, 2.45) is 0 Å². The molecule has 1 aromatic rings. The van der Waals surface area contributed by atoms with Crippen molar-refractivity contribution < 1.29 is 17.9 Å². The van der Waals surface area contributed by atoms with E-state index in [9.17, 15) is 8.42 Å². The predicted molar refractivity (Wildman–Crippen MR) is 83.5 cm³/mol. The van der Waals surface area contributed by atoms with E-state index < -0.39 is 15.6 Å². The second-order valence-corrected chi connectivity index (χ2v) is 7.78. The van der Waals surface area contributed by atoms with Gasteiger partial charge in [-0.1, -0.05) is 23.7 Å². The van der Waals surface area contributed by atoms with Crippen LogP contribution in [0.1, 0.15) is 26.2 Å². The first-order chi connectivity index (χ1) is 10.5. The number of benzene rings is 1. The van der Waals surface area contributed by atoms with Gasteiger partial charge in [-0.2, -0.15) is 0 Å². The summed E-state index contributed by atoms with van der Waals surface area (Å²) in [4.78, 5) is 0.102. The third-order valence-electron chi connectivity index (χ3n) is 4.46. The first-order valence-corrected chi connectivity index (χ1v) is 9.38. The molecule has 5 nitrogen and oxygen atoms in total. The Labute approximate surface area is 136 Å². The van der Waals surface area contributed by atoms with Crippen molar-refractivity contribution in [3.63, 3.8) is 0 Å². The van der Waals surface area contributed by atoms with E-state index in [4.69, 9.17) is 21.1 Å². The molecule has 2 aliphatic rings. The first kappa shape index (κ1) is 16.2. The van der Waals surface area contributed by atoms with Crippen LogP contribution in [0.25, 0.3) is 0 Å². The SMILES string of the molecule is CCO[C@@H]1C[C@H](NS(=O)(=O)c2ccccc2Cl)[C@@]12CCCO2. The van der Waals surface area contributed by atoms with Gasteiger partial charge in [0.2, 0.25) is 10.0 Å². The molecular weight excluding hydrogens is 326 g/mol. The Balaban J connectivity index is 1.80. The zero-order chi connectivity index (χ0) is 15.8. The molecule has 22 heavy (non-hydrogen) atoms. The molecule has 1 aliphatic heterocycles. The van der Waals surface area contributed by atoms with E-state index in [1.165, 1.54) is 6.07 Å². The van der Waals surface area contributed by atoms with Crippen LogP contribution in [0, 0.1) is 0 Å². The maximum absolute atomic E-state index is 12.6. The monoisotopic (exact) mass is 345 g/mol. The smallest absolute Gasteiger partial charge is 0.242 e. The quantitative estimate of drug-likeness (QED) is 0.889. The average Bonchev–Trinajstić information content (AvgIpc) is 2.99. The summed E-state index contributed by atoms with van der Waals surface area (Å²) < 4.78 is 39.5. The van der Waals surface area contributed by atoms with Gasteiger partial charge in [0.15, 0.2) is 0 Å². The number of nitrogens with one attached hydrogen (secondary N) is 1. The summed E-state index contributed by atoms with van der Waals surface area (Å²) in [7, 11) is -3.67. The van der Waals surface area contributed by atoms with Crippen LogP contribution in [0.5, 0.6) is 0 Å². The molecule has 1 heterocycles. The molecule has 1 N–H and O–H groups in total. The molecule has 1 saturated carbocycles. The predicted octanol–water partition coefficient (Wildman–Crippen LogP) is 2.34. The van der Waals surface area contributed by atoms with Crippen molar-refractivity contribution in [1.82, 2.24) is 4.72 Å². The lowest BCUT2D eigenvalue weighted by Gasteiger charge is -2.52. The highest BCUT2D eigenvalue weighted by Gasteiger charge is 2.59. The third kappa shape index (κ3) is 2.67. The molecule has 2 fully saturated rings. The summed E-state index contributed by atoms with van der Waals surface area (Å²) in [5, 5.41) is 0.220. The molecule has 0 aromatic heterocycles. The van der Waals surface area contributed by atoms with Crippen LogP contribution in [0.4, 0.5) is 0 Å². The lowest BCUT2D eigenvalue weighted by atomic mass is 9.70. The molecule has 1 spiro atoms. The van der Waals surface area contributed by atoms with E-state index in [0.29, 0.717) is 19.6 Å². The second-order valence-electron chi connectivity index (χ2n) is 5.69. The van der Waals surface area contributed by atoms with Gasteiger partial charge in [0, 0.05) is 13.2 Å². The molecule has 7 heteroatoms. The third-order valence-corrected chi connectivity index (χ3v) is 6.43. The first-order valence-electron chi connectivity index (χ1n) is 7.52. The minimum absolute atomic E-state index is 0.0426. The van der Waals surface area contributed by atoms with Crippen molar-refractivity contribution in [3.05, 3.63) is 29.3 Å². The van der Waals surface area contributed by atoms with Crippen LogP contribution < -0.4 is 4.72 Å². The lowest BCUT2D eigenvalue weighted by Crippen LogP contribution is -2.69. The van der Waals surface area contributed by atoms with Gasteiger partial charge in [0.25, 0.3) is 0 Å². The summed E-state index contributed by atoms with van der Waals surface area (Å²) in [6.45, 7) is 3.18. The standard InChI is InChI=1S/C15H20ClNO4S/c1-2-20-14-10-13(15(14)8-5-9-21-15)17-22(18,19)12-7-4-3-6-11(12)16/h3-4,6-7,13-14,17H,2,5,8-10H2,1H3/t13-,14+,15-/m0/s1. The number of halogens is 1. The zero-order valence-electron chi connectivity index (χ0n) is 12.4. The van der Waals surface area contributed by atoms with Gasteiger partial charge >= 0.3 is 0 Å². The van der Waals surface area contributed by atoms with Crippen molar-refractivity contribution in [2.75, 3.05) is 13.2 Å². The van der Waals surface area contributed by atoms with E-state index in [1.807, 2.05) is 6.92 Å². The molecule has 3 rings (SSSR count). The summed E-state index contributed by atoms with van der Waals surface area (Å²) in [6, 6.07) is 6.17. The fourth-order valence-corrected chi connectivity index (χ4v) is 5.18. The number of rotatable bonds is 5. The van der Waals surface area contributed by atoms with Gasteiger partial charge in [0.1, 0.15) is 10.5 Å². The van der Waals surface area contributed by atoms with Crippen LogP contribution >= 0.6 is 11.6 Å². The molecule has 3 atom stereocenters. The summed E-state index contributed by atoms with van der Waals surface area (Å²) in [6.07, 6.45) is 2.32. The van der Waals surface area contributed by atoms with Crippen LogP contribution in [0.3, 0.4) is 0 Å². The van der Waals surface area contributed by atoms with E-state index in [2.05, 4.69) is 4.72 Å². The van der Waals surface area contributed by atoms with Gasteiger partial charge in [-0.05, 0) is 38.3 Å². The van der Waals surface area contributed by atoms with Crippen molar-refractivity contribution >= 4 is 21.6 Å². The van der Waals surface area contributed by atoms with Crippen LogP contribution in [-0.2, 0) is 19.5 Å². The Morgan fingerprint density at radius 3 is 2.86 bits per heavy atom. The van der Waals surface area contributed by atoms with Crippen LogP contribution in [0.15, 0.2) is 29.2 Å². The topological polar surface area (TPSA) is 64.6 Å². The summed E-state index contributed by atoms with van der Waals surface area (Å²) in [5.41, 5.74) is -0.523. The van der Waals surface area contributed by atoms with E-state index in [0.717, 1.165) is 12.8 Å². The van der Waals surface area contributed by atoms with Gasteiger partial charge in [-0.15, -0.1) is 0 Å². The van der Waals surface area contributed by atoms with E-state index >= 15 is 0 Å². The largest absolute Gasteiger partial charge is 0.375 e. The number of hydrogen-bond donors (Lipinski definition) is 1. The molecule has 0 bridgehead atoms. The highest BCUT2D eigenvalue weighted by Crippen LogP contribution is 2.46. The minimum Gasteiger partial charge on any atom is -0.375 e.